The first-order valence-corrected chi connectivity index (χ1v) is 6.42. The van der Waals surface area contributed by atoms with Gasteiger partial charge >= 0.3 is 0 Å². The molecule has 1 nitrogen and oxygen atoms in total. The van der Waals surface area contributed by atoms with Gasteiger partial charge in [-0.3, -0.25) is 4.79 Å². The van der Waals surface area contributed by atoms with Crippen LogP contribution in [0.4, 0.5) is 4.39 Å². The van der Waals surface area contributed by atoms with E-state index in [-0.39, 0.29) is 15.8 Å². The highest BCUT2D eigenvalue weighted by Gasteiger charge is 2.17. The monoisotopic (exact) mass is 326 g/mol. The molecule has 0 spiro atoms. The van der Waals surface area contributed by atoms with Crippen LogP contribution in [-0.2, 0) is 0 Å². The highest BCUT2D eigenvalue weighted by molar-refractivity contribution is 9.10. The Bertz CT molecular complexity index is 621. The van der Waals surface area contributed by atoms with Crippen molar-refractivity contribution in [1.82, 2.24) is 0 Å². The van der Waals surface area contributed by atoms with Crippen LogP contribution in [0.1, 0.15) is 21.5 Å². The molecular formula is C14H9BrClFO. The molecule has 0 radical (unpaired) electrons. The minimum Gasteiger partial charge on any atom is -0.288 e. The Morgan fingerprint density at radius 3 is 2.67 bits per heavy atom. The van der Waals surface area contributed by atoms with Crippen molar-refractivity contribution in [2.24, 2.45) is 0 Å². The largest absolute Gasteiger partial charge is 0.288 e. The van der Waals surface area contributed by atoms with Gasteiger partial charge in [-0.1, -0.05) is 23.7 Å². The fourth-order valence-corrected chi connectivity index (χ4v) is 2.20. The molecule has 0 aromatic heterocycles. The van der Waals surface area contributed by atoms with Crippen LogP contribution >= 0.6 is 27.5 Å². The van der Waals surface area contributed by atoms with E-state index in [1.807, 2.05) is 0 Å². The quantitative estimate of drug-likeness (QED) is 0.725. The molecule has 0 unspecified atom stereocenters. The van der Waals surface area contributed by atoms with Crippen LogP contribution in [0.3, 0.4) is 0 Å². The summed E-state index contributed by atoms with van der Waals surface area (Å²) in [4.78, 5) is 12.3. The van der Waals surface area contributed by atoms with E-state index in [9.17, 15) is 9.18 Å². The van der Waals surface area contributed by atoms with E-state index in [0.29, 0.717) is 10.6 Å². The maximum atomic E-state index is 13.9. The molecule has 2 rings (SSSR count). The van der Waals surface area contributed by atoms with Gasteiger partial charge in [0.25, 0.3) is 0 Å². The van der Waals surface area contributed by atoms with Crippen molar-refractivity contribution in [2.45, 2.75) is 6.92 Å². The van der Waals surface area contributed by atoms with Gasteiger partial charge in [-0.05, 0) is 52.7 Å². The molecule has 0 aliphatic heterocycles. The number of halogens is 3. The molecule has 0 aliphatic carbocycles. The summed E-state index contributed by atoms with van der Waals surface area (Å²) in [5.41, 5.74) is 1.22. The first kappa shape index (κ1) is 13.2. The minimum absolute atomic E-state index is 0.0368. The van der Waals surface area contributed by atoms with Crippen molar-refractivity contribution in [2.75, 3.05) is 0 Å². The number of carbonyl (C=O) groups excluding carboxylic acids is 1. The van der Waals surface area contributed by atoms with Crippen molar-refractivity contribution in [1.29, 1.82) is 0 Å². The third-order valence-corrected chi connectivity index (χ3v) is 3.49. The van der Waals surface area contributed by atoms with Gasteiger partial charge in [0, 0.05) is 10.6 Å². The standard InChI is InChI=1S/C14H9BrClFO/c1-8-5-6-9(16)7-11(8)14(18)10-3-2-4-12(15)13(10)17/h2-7H,1H3. The number of aryl methyl sites for hydroxylation is 1. The third-order valence-electron chi connectivity index (χ3n) is 2.64. The van der Waals surface area contributed by atoms with E-state index in [1.165, 1.54) is 6.07 Å². The second-order valence-corrected chi connectivity index (χ2v) is 5.18. The molecule has 0 saturated carbocycles. The minimum atomic E-state index is -0.554. The Hall–Kier alpha value is -1.19. The van der Waals surface area contributed by atoms with Crippen LogP contribution in [0.25, 0.3) is 0 Å². The molecule has 0 saturated heterocycles. The topological polar surface area (TPSA) is 17.1 Å². The fourth-order valence-electron chi connectivity index (χ4n) is 1.66. The van der Waals surface area contributed by atoms with Gasteiger partial charge in [0.1, 0.15) is 5.82 Å². The van der Waals surface area contributed by atoms with E-state index in [2.05, 4.69) is 15.9 Å². The van der Waals surface area contributed by atoms with Crippen molar-refractivity contribution < 1.29 is 9.18 Å². The smallest absolute Gasteiger partial charge is 0.196 e. The van der Waals surface area contributed by atoms with E-state index < -0.39 is 5.82 Å². The summed E-state index contributed by atoms with van der Waals surface area (Å²) in [7, 11) is 0. The lowest BCUT2D eigenvalue weighted by Gasteiger charge is -2.07. The SMILES string of the molecule is Cc1ccc(Cl)cc1C(=O)c1cccc(Br)c1F. The van der Waals surface area contributed by atoms with E-state index in [0.717, 1.165) is 5.56 Å². The number of rotatable bonds is 2. The summed E-state index contributed by atoms with van der Waals surface area (Å²) in [6.07, 6.45) is 0. The summed E-state index contributed by atoms with van der Waals surface area (Å²) in [5.74, 6) is -0.921. The molecule has 2 aromatic rings. The predicted molar refractivity (Wildman–Crippen MR) is 73.7 cm³/mol. The Kier molecular flexibility index (Phi) is 3.83. The van der Waals surface area contributed by atoms with Crippen LogP contribution < -0.4 is 0 Å². The lowest BCUT2D eigenvalue weighted by Crippen LogP contribution is -2.06. The van der Waals surface area contributed by atoms with Crippen LogP contribution in [-0.4, -0.2) is 5.78 Å². The number of hydrogen-bond donors (Lipinski definition) is 0. The van der Waals surface area contributed by atoms with Crippen molar-refractivity contribution in [3.05, 3.63) is 68.4 Å². The lowest BCUT2D eigenvalue weighted by atomic mass is 9.99. The van der Waals surface area contributed by atoms with Gasteiger partial charge in [0.15, 0.2) is 5.78 Å². The van der Waals surface area contributed by atoms with E-state index in [4.69, 9.17) is 11.6 Å². The molecule has 0 atom stereocenters. The Morgan fingerprint density at radius 1 is 1.22 bits per heavy atom. The summed E-state index contributed by atoms with van der Waals surface area (Å²) in [6.45, 7) is 1.79. The lowest BCUT2D eigenvalue weighted by molar-refractivity contribution is 0.103. The van der Waals surface area contributed by atoms with Crippen LogP contribution in [0.15, 0.2) is 40.9 Å². The summed E-state index contributed by atoms with van der Waals surface area (Å²) in [5, 5.41) is 0.458. The first-order chi connectivity index (χ1) is 8.50. The van der Waals surface area contributed by atoms with Gasteiger partial charge < -0.3 is 0 Å². The summed E-state index contributed by atoms with van der Waals surface area (Å²) < 4.78 is 14.1. The number of ketones is 1. The molecule has 92 valence electrons. The van der Waals surface area contributed by atoms with E-state index >= 15 is 0 Å². The molecular weight excluding hydrogens is 319 g/mol. The number of benzene rings is 2. The zero-order valence-electron chi connectivity index (χ0n) is 9.51. The second-order valence-electron chi connectivity index (χ2n) is 3.89. The van der Waals surface area contributed by atoms with Crippen molar-refractivity contribution in [3.8, 4) is 0 Å². The van der Waals surface area contributed by atoms with Gasteiger partial charge in [0.05, 0.1) is 10.0 Å². The molecule has 0 bridgehead atoms. The third kappa shape index (κ3) is 2.47. The van der Waals surface area contributed by atoms with E-state index in [1.54, 1.807) is 37.3 Å². The zero-order valence-corrected chi connectivity index (χ0v) is 11.8. The van der Waals surface area contributed by atoms with Gasteiger partial charge in [0.2, 0.25) is 0 Å². The molecule has 0 aliphatic rings. The summed E-state index contributed by atoms with van der Waals surface area (Å²) in [6, 6.07) is 9.63. The van der Waals surface area contributed by atoms with Gasteiger partial charge in [-0.25, -0.2) is 4.39 Å². The molecule has 18 heavy (non-hydrogen) atoms. The van der Waals surface area contributed by atoms with Gasteiger partial charge in [-0.15, -0.1) is 0 Å². The average molecular weight is 328 g/mol. The normalized spacial score (nSPS) is 10.4. The maximum Gasteiger partial charge on any atom is 0.196 e. The van der Waals surface area contributed by atoms with Crippen LogP contribution in [0.5, 0.6) is 0 Å². The van der Waals surface area contributed by atoms with Crippen molar-refractivity contribution >= 4 is 33.3 Å². The maximum absolute atomic E-state index is 13.9. The molecule has 0 amide bonds. The van der Waals surface area contributed by atoms with Crippen LogP contribution in [0.2, 0.25) is 5.02 Å². The number of hydrogen-bond acceptors (Lipinski definition) is 1. The highest BCUT2D eigenvalue weighted by Crippen LogP contribution is 2.24. The Morgan fingerprint density at radius 2 is 1.94 bits per heavy atom. The Balaban J connectivity index is 2.55. The first-order valence-electron chi connectivity index (χ1n) is 5.25. The fraction of sp³-hybridized carbons (Fsp3) is 0.0714. The average Bonchev–Trinajstić information content (AvgIpc) is 2.35. The summed E-state index contributed by atoms with van der Waals surface area (Å²) >= 11 is 8.93. The number of carbonyl (C=O) groups is 1. The van der Waals surface area contributed by atoms with Crippen molar-refractivity contribution in [3.63, 3.8) is 0 Å². The molecule has 0 N–H and O–H groups in total. The zero-order chi connectivity index (χ0) is 13.3. The van der Waals surface area contributed by atoms with Gasteiger partial charge in [-0.2, -0.15) is 0 Å². The molecule has 0 heterocycles. The molecule has 0 fully saturated rings. The second kappa shape index (κ2) is 5.21. The molecule has 4 heteroatoms. The molecule has 2 aromatic carbocycles. The van der Waals surface area contributed by atoms with Crippen LogP contribution in [0, 0.1) is 12.7 Å². The highest BCUT2D eigenvalue weighted by atomic mass is 79.9. The Labute approximate surface area is 118 Å². The predicted octanol–water partition coefficient (Wildman–Crippen LogP) is 4.78.